The van der Waals surface area contributed by atoms with Crippen molar-refractivity contribution >= 4 is 44.8 Å². The number of amides is 2. The molecule has 3 aromatic rings. The highest BCUT2D eigenvalue weighted by molar-refractivity contribution is 7.92. The summed E-state index contributed by atoms with van der Waals surface area (Å²) in [6.45, 7) is 5.01. The number of anilines is 1. The monoisotopic (exact) mass is 644 g/mol. The second-order valence-electron chi connectivity index (χ2n) is 10.1. The molecule has 0 aliphatic rings. The number of methoxy groups -OCH3 is 1. The number of nitro benzene ring substituents is 1. The van der Waals surface area contributed by atoms with Crippen LogP contribution < -0.4 is 14.4 Å². The molecule has 0 fully saturated rings. The summed E-state index contributed by atoms with van der Waals surface area (Å²) in [4.78, 5) is 39.3. The highest BCUT2D eigenvalue weighted by Crippen LogP contribution is 2.36. The van der Waals surface area contributed by atoms with Crippen molar-refractivity contribution in [3.8, 4) is 5.75 Å². The van der Waals surface area contributed by atoms with Crippen molar-refractivity contribution < 1.29 is 27.7 Å². The molecule has 0 saturated carbocycles. The topological polar surface area (TPSA) is 139 Å². The lowest BCUT2D eigenvalue weighted by atomic mass is 10.1. The predicted octanol–water partition coefficient (Wildman–Crippen LogP) is 5.14. The summed E-state index contributed by atoms with van der Waals surface area (Å²) in [6.07, 6.45) is 1.40. The fraction of sp³-hybridized carbons (Fsp3) is 0.355. The first kappa shape index (κ1) is 34.3. The lowest BCUT2D eigenvalue weighted by Crippen LogP contribution is -2.53. The molecule has 0 radical (unpaired) electrons. The van der Waals surface area contributed by atoms with E-state index in [1.165, 1.54) is 49.3 Å². The number of sulfonamides is 1. The number of benzene rings is 3. The third-order valence-electron chi connectivity index (χ3n) is 7.07. The number of hydrogen-bond donors (Lipinski definition) is 1. The SMILES string of the molecule is CCCNC(=O)[C@@H](CC)N(CCc1ccccc1)C(=O)CN(c1cc(Cl)ccc1OC)S(=O)(=O)c1ccc(C)c([N+](=O)[O-])c1. The molecule has 0 bridgehead atoms. The summed E-state index contributed by atoms with van der Waals surface area (Å²) in [5.74, 6) is -0.887. The van der Waals surface area contributed by atoms with Gasteiger partial charge in [0.1, 0.15) is 18.3 Å². The van der Waals surface area contributed by atoms with Gasteiger partial charge in [-0.3, -0.25) is 24.0 Å². The first-order valence-corrected chi connectivity index (χ1v) is 16.0. The predicted molar refractivity (Wildman–Crippen MR) is 170 cm³/mol. The van der Waals surface area contributed by atoms with Crippen molar-refractivity contribution in [3.05, 3.63) is 93.0 Å². The Morgan fingerprint density at radius 1 is 1.07 bits per heavy atom. The van der Waals surface area contributed by atoms with Crippen LogP contribution in [0.5, 0.6) is 5.75 Å². The van der Waals surface area contributed by atoms with Crippen LogP contribution in [0.25, 0.3) is 0 Å². The molecule has 1 N–H and O–H groups in total. The van der Waals surface area contributed by atoms with Crippen molar-refractivity contribution in [2.75, 3.05) is 31.0 Å². The Hall–Kier alpha value is -4.16. The number of carbonyl (C=O) groups excluding carboxylic acids is 2. The normalized spacial score (nSPS) is 11.8. The van der Waals surface area contributed by atoms with Gasteiger partial charge >= 0.3 is 0 Å². The number of aryl methyl sites for hydroxylation is 1. The average Bonchev–Trinajstić information content (AvgIpc) is 3.00. The van der Waals surface area contributed by atoms with Gasteiger partial charge in [-0.15, -0.1) is 0 Å². The Labute approximate surface area is 263 Å². The first-order chi connectivity index (χ1) is 20.9. The van der Waals surface area contributed by atoms with Gasteiger partial charge in [-0.2, -0.15) is 0 Å². The van der Waals surface area contributed by atoms with Crippen molar-refractivity contribution in [3.63, 3.8) is 0 Å². The molecular weight excluding hydrogens is 608 g/mol. The summed E-state index contributed by atoms with van der Waals surface area (Å²) in [5.41, 5.74) is 0.775. The molecule has 0 aromatic heterocycles. The van der Waals surface area contributed by atoms with Crippen LogP contribution in [0.1, 0.15) is 37.8 Å². The van der Waals surface area contributed by atoms with E-state index in [0.717, 1.165) is 15.9 Å². The Morgan fingerprint density at radius 2 is 1.77 bits per heavy atom. The smallest absolute Gasteiger partial charge is 0.273 e. The molecule has 3 aromatic carbocycles. The highest BCUT2D eigenvalue weighted by atomic mass is 35.5. The molecule has 0 heterocycles. The molecule has 13 heteroatoms. The van der Waals surface area contributed by atoms with E-state index < -0.39 is 44.0 Å². The fourth-order valence-electron chi connectivity index (χ4n) is 4.71. The summed E-state index contributed by atoms with van der Waals surface area (Å²) in [6, 6.07) is 16.4. The molecule has 0 spiro atoms. The van der Waals surface area contributed by atoms with Gasteiger partial charge in [-0.25, -0.2) is 8.42 Å². The zero-order valence-electron chi connectivity index (χ0n) is 25.2. The Morgan fingerprint density at radius 3 is 2.39 bits per heavy atom. The van der Waals surface area contributed by atoms with E-state index in [-0.39, 0.29) is 40.9 Å². The molecule has 0 unspecified atom stereocenters. The Bertz CT molecular complexity index is 1590. The van der Waals surface area contributed by atoms with Gasteiger partial charge < -0.3 is 15.0 Å². The van der Waals surface area contributed by atoms with Gasteiger partial charge in [-0.05, 0) is 56.0 Å². The van der Waals surface area contributed by atoms with Crippen molar-refractivity contribution in [1.82, 2.24) is 10.2 Å². The van der Waals surface area contributed by atoms with Crippen LogP contribution in [0.2, 0.25) is 5.02 Å². The van der Waals surface area contributed by atoms with Crippen LogP contribution in [-0.4, -0.2) is 62.8 Å². The van der Waals surface area contributed by atoms with Gasteiger partial charge in [-0.1, -0.05) is 61.8 Å². The molecule has 0 aliphatic heterocycles. The minimum atomic E-state index is -4.60. The van der Waals surface area contributed by atoms with Crippen LogP contribution in [0.4, 0.5) is 11.4 Å². The third kappa shape index (κ3) is 8.26. The molecule has 236 valence electrons. The first-order valence-electron chi connectivity index (χ1n) is 14.2. The van der Waals surface area contributed by atoms with Gasteiger partial charge in [0.15, 0.2) is 0 Å². The largest absolute Gasteiger partial charge is 0.495 e. The molecule has 0 saturated heterocycles. The standard InChI is InChI=1S/C31H37ClN4O7S/c1-5-17-33-31(38)26(6-2)34(18-16-23-10-8-7-9-11-23)30(37)21-35(28-19-24(32)13-15-29(28)43-4)44(41,42)25-14-12-22(3)27(20-25)36(39)40/h7-15,19-20,26H,5-6,16-18,21H2,1-4H3,(H,33,38)/t26-/m1/s1. The van der Waals surface area contributed by atoms with E-state index in [9.17, 15) is 28.1 Å². The molecule has 2 amide bonds. The van der Waals surface area contributed by atoms with E-state index in [2.05, 4.69) is 5.32 Å². The van der Waals surface area contributed by atoms with Gasteiger partial charge in [0.05, 0.1) is 22.6 Å². The van der Waals surface area contributed by atoms with Crippen LogP contribution >= 0.6 is 11.6 Å². The van der Waals surface area contributed by atoms with E-state index in [4.69, 9.17) is 16.3 Å². The number of carbonyl (C=O) groups is 2. The second kappa shape index (κ2) is 15.5. The number of ether oxygens (including phenoxy) is 1. The zero-order valence-corrected chi connectivity index (χ0v) is 26.7. The Balaban J connectivity index is 2.13. The third-order valence-corrected chi connectivity index (χ3v) is 9.06. The summed E-state index contributed by atoms with van der Waals surface area (Å²) in [5, 5.41) is 14.7. The zero-order chi connectivity index (χ0) is 32.4. The molecule has 0 aliphatic carbocycles. The quantitative estimate of drug-likeness (QED) is 0.179. The summed E-state index contributed by atoms with van der Waals surface area (Å²) >= 11 is 6.27. The van der Waals surface area contributed by atoms with Gasteiger partial charge in [0, 0.05) is 29.7 Å². The average molecular weight is 645 g/mol. The van der Waals surface area contributed by atoms with E-state index in [0.29, 0.717) is 19.4 Å². The van der Waals surface area contributed by atoms with Crippen molar-refractivity contribution in [2.45, 2.75) is 51.0 Å². The molecular formula is C31H37ClN4O7S. The van der Waals surface area contributed by atoms with Gasteiger partial charge in [0.25, 0.3) is 15.7 Å². The fourth-order valence-corrected chi connectivity index (χ4v) is 6.31. The number of nitrogens with one attached hydrogen (secondary N) is 1. The minimum Gasteiger partial charge on any atom is -0.495 e. The summed E-state index contributed by atoms with van der Waals surface area (Å²) in [7, 11) is -3.26. The number of halogens is 1. The number of rotatable bonds is 15. The second-order valence-corrected chi connectivity index (χ2v) is 12.4. The van der Waals surface area contributed by atoms with Crippen molar-refractivity contribution in [1.29, 1.82) is 0 Å². The van der Waals surface area contributed by atoms with E-state index in [1.54, 1.807) is 6.92 Å². The van der Waals surface area contributed by atoms with Crippen LogP contribution in [0.15, 0.2) is 71.6 Å². The maximum Gasteiger partial charge on any atom is 0.273 e. The number of nitro groups is 1. The molecule has 44 heavy (non-hydrogen) atoms. The minimum absolute atomic E-state index is 0.0388. The number of nitrogens with zero attached hydrogens (tertiary/aromatic N) is 3. The van der Waals surface area contributed by atoms with E-state index >= 15 is 0 Å². The van der Waals surface area contributed by atoms with Crippen LogP contribution in [0.3, 0.4) is 0 Å². The maximum atomic E-state index is 14.2. The molecule has 3 rings (SSSR count). The van der Waals surface area contributed by atoms with Gasteiger partial charge in [0.2, 0.25) is 11.8 Å². The van der Waals surface area contributed by atoms with Crippen molar-refractivity contribution in [2.24, 2.45) is 0 Å². The lowest BCUT2D eigenvalue weighted by Gasteiger charge is -2.33. The number of hydrogen-bond acceptors (Lipinski definition) is 7. The Kier molecular flexibility index (Phi) is 12.1. The molecule has 11 nitrogen and oxygen atoms in total. The highest BCUT2D eigenvalue weighted by Gasteiger charge is 2.35. The summed E-state index contributed by atoms with van der Waals surface area (Å²) < 4.78 is 34.7. The van der Waals surface area contributed by atoms with Crippen LogP contribution in [-0.2, 0) is 26.0 Å². The lowest BCUT2D eigenvalue weighted by molar-refractivity contribution is -0.385. The van der Waals surface area contributed by atoms with E-state index in [1.807, 2.05) is 37.3 Å². The maximum absolute atomic E-state index is 14.2. The van der Waals surface area contributed by atoms with Crippen LogP contribution in [0, 0.1) is 17.0 Å². The molecule has 1 atom stereocenters.